The number of carbonyl (C=O) groups is 4. The van der Waals surface area contributed by atoms with Crippen LogP contribution >= 0.6 is 0 Å². The van der Waals surface area contributed by atoms with Crippen molar-refractivity contribution in [3.8, 4) is 0 Å². The summed E-state index contributed by atoms with van der Waals surface area (Å²) in [6, 6.07) is 0. The highest BCUT2D eigenvalue weighted by atomic mass is 16.7. The van der Waals surface area contributed by atoms with E-state index in [0.717, 1.165) is 135 Å². The van der Waals surface area contributed by atoms with Gasteiger partial charge in [0.1, 0.15) is 18.8 Å². The third kappa shape index (κ3) is 39.3. The second-order valence-corrected chi connectivity index (χ2v) is 19.5. The van der Waals surface area contributed by atoms with Gasteiger partial charge in [-0.3, -0.25) is 14.4 Å². The van der Waals surface area contributed by atoms with Gasteiger partial charge in [-0.05, 0) is 109 Å². The van der Waals surface area contributed by atoms with Crippen molar-refractivity contribution in [1.29, 1.82) is 0 Å². The Kier molecular flexibility index (Phi) is 45.1. The van der Waals surface area contributed by atoms with Crippen molar-refractivity contribution in [1.82, 2.24) is 0 Å². The van der Waals surface area contributed by atoms with Crippen LogP contribution in [-0.4, -0.2) is 89.2 Å². The third-order valence-electron chi connectivity index (χ3n) is 12.7. The number of hydrogen-bond donors (Lipinski definition) is 3. The Morgan fingerprint density at radius 3 is 1.37 bits per heavy atom. The summed E-state index contributed by atoms with van der Waals surface area (Å²) in [6.07, 6.45) is 48.7. The first-order valence-electron chi connectivity index (χ1n) is 28.9. The van der Waals surface area contributed by atoms with Crippen molar-refractivity contribution in [3.63, 3.8) is 0 Å². The lowest BCUT2D eigenvalue weighted by molar-refractivity contribution is -0.301. The molecule has 1 rings (SSSR count). The van der Waals surface area contributed by atoms with Gasteiger partial charge >= 0.3 is 23.9 Å². The topological polar surface area (TPSA) is 175 Å². The second kappa shape index (κ2) is 49.1. The first kappa shape index (κ1) is 67.2. The van der Waals surface area contributed by atoms with Crippen LogP contribution in [-0.2, 0) is 42.9 Å². The second-order valence-electron chi connectivity index (χ2n) is 19.5. The molecule has 0 spiro atoms. The van der Waals surface area contributed by atoms with E-state index in [-0.39, 0.29) is 25.9 Å². The minimum Gasteiger partial charge on any atom is -0.479 e. The maximum absolute atomic E-state index is 13.1. The SMILES string of the molecule is CC/C=C\C/C=C\C/C=C\CCCCCC(=O)OCC(COC1OC(C(=O)O)C(O)C(O)C1OC(=O)CCCCCCCCC/C=C\C/C=C\CCCCC)OC(=O)CCCCCCC/C=C\CCCCCC. The molecule has 0 bridgehead atoms. The fraction of sp³-hybridized carbons (Fsp3) is 0.738. The van der Waals surface area contributed by atoms with Crippen LogP contribution in [0.4, 0.5) is 0 Å². The van der Waals surface area contributed by atoms with Gasteiger partial charge in [0.05, 0.1) is 6.61 Å². The lowest BCUT2D eigenvalue weighted by atomic mass is 9.98. The molecular formula is C61H102O12. The fourth-order valence-electron chi connectivity index (χ4n) is 8.29. The van der Waals surface area contributed by atoms with Gasteiger partial charge in [0.25, 0.3) is 0 Å². The molecule has 6 unspecified atom stereocenters. The smallest absolute Gasteiger partial charge is 0.335 e. The molecule has 0 aliphatic carbocycles. The van der Waals surface area contributed by atoms with E-state index in [4.69, 9.17) is 23.7 Å². The summed E-state index contributed by atoms with van der Waals surface area (Å²) in [5.41, 5.74) is 0. The third-order valence-corrected chi connectivity index (χ3v) is 12.7. The molecule has 12 heteroatoms. The molecule has 1 aliphatic rings. The molecular weight excluding hydrogens is 925 g/mol. The van der Waals surface area contributed by atoms with Crippen LogP contribution in [0.1, 0.15) is 239 Å². The van der Waals surface area contributed by atoms with Crippen LogP contribution in [0.3, 0.4) is 0 Å². The zero-order chi connectivity index (χ0) is 53.3. The molecule has 12 nitrogen and oxygen atoms in total. The monoisotopic (exact) mass is 1030 g/mol. The summed E-state index contributed by atoms with van der Waals surface area (Å²) in [5.74, 6) is -3.18. The lowest BCUT2D eigenvalue weighted by Gasteiger charge is -2.40. The Morgan fingerprint density at radius 2 is 0.863 bits per heavy atom. The molecule has 6 atom stereocenters. The molecule has 1 fully saturated rings. The molecule has 0 saturated carbocycles. The number of carbonyl (C=O) groups excluding carboxylic acids is 3. The Labute approximate surface area is 442 Å². The van der Waals surface area contributed by atoms with Crippen molar-refractivity contribution in [3.05, 3.63) is 72.9 Å². The minimum absolute atomic E-state index is 0.0460. The number of aliphatic carboxylic acids is 1. The number of carboxylic acids is 1. The van der Waals surface area contributed by atoms with Gasteiger partial charge in [0, 0.05) is 19.3 Å². The van der Waals surface area contributed by atoms with Crippen LogP contribution in [0.25, 0.3) is 0 Å². The summed E-state index contributed by atoms with van der Waals surface area (Å²) in [4.78, 5) is 51.0. The molecule has 1 heterocycles. The van der Waals surface area contributed by atoms with Crippen LogP contribution in [0.2, 0.25) is 0 Å². The number of hydrogen-bond acceptors (Lipinski definition) is 11. The predicted octanol–water partition coefficient (Wildman–Crippen LogP) is 14.6. The highest BCUT2D eigenvalue weighted by Gasteiger charge is 2.50. The van der Waals surface area contributed by atoms with Crippen molar-refractivity contribution in [2.45, 2.75) is 276 Å². The van der Waals surface area contributed by atoms with Gasteiger partial charge in [0.2, 0.25) is 0 Å². The van der Waals surface area contributed by atoms with Crippen molar-refractivity contribution >= 4 is 23.9 Å². The molecule has 418 valence electrons. The number of aliphatic hydroxyl groups is 2. The molecule has 0 aromatic heterocycles. The van der Waals surface area contributed by atoms with Gasteiger partial charge in [-0.25, -0.2) is 4.79 Å². The van der Waals surface area contributed by atoms with Gasteiger partial charge in [-0.2, -0.15) is 0 Å². The quantitative estimate of drug-likeness (QED) is 0.0228. The molecule has 73 heavy (non-hydrogen) atoms. The van der Waals surface area contributed by atoms with Gasteiger partial charge in [0.15, 0.2) is 24.6 Å². The molecule has 1 saturated heterocycles. The lowest BCUT2D eigenvalue weighted by Crippen LogP contribution is -2.61. The van der Waals surface area contributed by atoms with E-state index >= 15 is 0 Å². The normalized spacial score (nSPS) is 18.8. The highest BCUT2D eigenvalue weighted by molar-refractivity contribution is 5.74. The summed E-state index contributed by atoms with van der Waals surface area (Å²) in [5, 5.41) is 31.5. The molecule has 0 amide bonds. The highest BCUT2D eigenvalue weighted by Crippen LogP contribution is 2.26. The van der Waals surface area contributed by atoms with E-state index < -0.39 is 67.3 Å². The Bertz CT molecular complexity index is 1550. The average molecular weight is 1030 g/mol. The van der Waals surface area contributed by atoms with E-state index in [0.29, 0.717) is 19.3 Å². The first-order chi connectivity index (χ1) is 35.6. The molecule has 0 aromatic carbocycles. The minimum atomic E-state index is -1.91. The number of ether oxygens (including phenoxy) is 5. The van der Waals surface area contributed by atoms with Crippen molar-refractivity contribution < 1.29 is 58.2 Å². The Hall–Kier alpha value is -3.84. The van der Waals surface area contributed by atoms with Gasteiger partial charge in [-0.1, -0.05) is 184 Å². The molecule has 0 radical (unpaired) electrons. The van der Waals surface area contributed by atoms with Crippen molar-refractivity contribution in [2.75, 3.05) is 13.2 Å². The number of allylic oxidation sites excluding steroid dienone is 12. The zero-order valence-corrected chi connectivity index (χ0v) is 45.9. The Morgan fingerprint density at radius 1 is 0.466 bits per heavy atom. The largest absolute Gasteiger partial charge is 0.479 e. The maximum atomic E-state index is 13.1. The predicted molar refractivity (Wildman–Crippen MR) is 294 cm³/mol. The first-order valence-corrected chi connectivity index (χ1v) is 28.9. The van der Waals surface area contributed by atoms with Crippen molar-refractivity contribution in [2.24, 2.45) is 0 Å². The van der Waals surface area contributed by atoms with Crippen LogP contribution in [0, 0.1) is 0 Å². The average Bonchev–Trinajstić information content (AvgIpc) is 3.37. The van der Waals surface area contributed by atoms with E-state index in [9.17, 15) is 34.5 Å². The Balaban J connectivity index is 2.72. The summed E-state index contributed by atoms with van der Waals surface area (Å²) in [6.45, 7) is 5.79. The van der Waals surface area contributed by atoms with E-state index in [2.05, 4.69) is 93.7 Å². The maximum Gasteiger partial charge on any atom is 0.335 e. The van der Waals surface area contributed by atoms with E-state index in [1.54, 1.807) is 0 Å². The van der Waals surface area contributed by atoms with Crippen LogP contribution in [0.5, 0.6) is 0 Å². The number of carboxylic acid groups (broad SMARTS) is 1. The van der Waals surface area contributed by atoms with E-state index in [1.165, 1.54) is 44.9 Å². The van der Waals surface area contributed by atoms with Gasteiger partial charge < -0.3 is 39.0 Å². The number of rotatable bonds is 48. The summed E-state index contributed by atoms with van der Waals surface area (Å²) < 4.78 is 28.3. The zero-order valence-electron chi connectivity index (χ0n) is 45.9. The number of unbranched alkanes of at least 4 members (excludes halogenated alkanes) is 22. The molecule has 1 aliphatic heterocycles. The molecule has 0 aromatic rings. The number of aliphatic hydroxyl groups excluding tert-OH is 2. The number of esters is 3. The van der Waals surface area contributed by atoms with Gasteiger partial charge in [-0.15, -0.1) is 0 Å². The van der Waals surface area contributed by atoms with Crippen LogP contribution in [0.15, 0.2) is 72.9 Å². The fourth-order valence-corrected chi connectivity index (χ4v) is 8.29. The standard InChI is InChI=1S/C61H102O12/c1-4-7-10-13-16-19-22-25-26-27-28-31-34-37-40-43-46-49-55(64)72-59-57(66)56(65)58(60(67)68)73-61(59)70-51-52(71-54(63)48-45-42-39-36-33-30-24-21-18-15-12-9-6-3)50-69-53(62)47-44-41-38-35-32-29-23-20-17-14-11-8-5-2/h8,11,16-17,19-21,24-26,29,32,52,56-59,61,65-66H,4-7,9-10,12-15,18,22-23,27-28,30-31,33-51H2,1-3H3,(H,67,68)/b11-8-,19-16-,20-17-,24-21-,26-25-,32-29-. The summed E-state index contributed by atoms with van der Waals surface area (Å²) >= 11 is 0. The summed E-state index contributed by atoms with van der Waals surface area (Å²) in [7, 11) is 0. The molecule has 3 N–H and O–H groups in total. The van der Waals surface area contributed by atoms with E-state index in [1.807, 2.05) is 0 Å². The van der Waals surface area contributed by atoms with Crippen LogP contribution < -0.4 is 0 Å².